The molecule has 5 nitrogen and oxygen atoms in total. The maximum absolute atomic E-state index is 13.5. The summed E-state index contributed by atoms with van der Waals surface area (Å²) in [4.78, 5) is 4.49. The van der Waals surface area contributed by atoms with Crippen molar-refractivity contribution in [3.05, 3.63) is 24.0 Å². The van der Waals surface area contributed by atoms with Crippen LogP contribution in [0.1, 0.15) is 6.42 Å². The van der Waals surface area contributed by atoms with E-state index in [1.165, 1.54) is 6.07 Å². The van der Waals surface area contributed by atoms with Crippen LogP contribution in [-0.4, -0.2) is 26.0 Å². The first kappa shape index (κ1) is 11.3. The van der Waals surface area contributed by atoms with Gasteiger partial charge in [-0.25, -0.2) is 12.8 Å². The van der Waals surface area contributed by atoms with Gasteiger partial charge in [0.2, 0.25) is 0 Å². The molecule has 1 aliphatic rings. The summed E-state index contributed by atoms with van der Waals surface area (Å²) in [5, 5.41) is 0. The molecule has 0 amide bonds. The van der Waals surface area contributed by atoms with Gasteiger partial charge in [0.15, 0.2) is 0 Å². The molecule has 0 radical (unpaired) electrons. The summed E-state index contributed by atoms with van der Waals surface area (Å²) >= 11 is 0. The van der Waals surface area contributed by atoms with Gasteiger partial charge in [0.05, 0.1) is 6.61 Å². The van der Waals surface area contributed by atoms with Gasteiger partial charge in [-0.3, -0.25) is 4.84 Å². The number of hydrogen-bond donors (Lipinski definition) is 1. The van der Waals surface area contributed by atoms with E-state index in [1.807, 2.05) is 0 Å². The number of hydroxylamine groups is 1. The molecule has 1 aromatic carbocycles. The minimum Gasteiger partial charge on any atom is -0.399 e. The lowest BCUT2D eigenvalue weighted by molar-refractivity contribution is -0.0286. The molecule has 16 heavy (non-hydrogen) atoms. The van der Waals surface area contributed by atoms with E-state index in [1.54, 1.807) is 0 Å². The third kappa shape index (κ3) is 1.89. The highest BCUT2D eigenvalue weighted by Crippen LogP contribution is 2.23. The maximum atomic E-state index is 13.5. The highest BCUT2D eigenvalue weighted by Gasteiger charge is 2.31. The average molecular weight is 246 g/mol. The van der Waals surface area contributed by atoms with E-state index >= 15 is 0 Å². The smallest absolute Gasteiger partial charge is 0.267 e. The number of halogens is 1. The SMILES string of the molecule is Nc1ccc(S(=O)(=O)N2CCCO2)c(F)c1. The third-order valence-electron chi connectivity index (χ3n) is 2.22. The molecule has 0 unspecified atom stereocenters. The van der Waals surface area contributed by atoms with Crippen molar-refractivity contribution in [1.29, 1.82) is 0 Å². The van der Waals surface area contributed by atoms with Crippen LogP contribution in [0.25, 0.3) is 0 Å². The molecule has 0 saturated carbocycles. The van der Waals surface area contributed by atoms with Crippen molar-refractivity contribution in [2.75, 3.05) is 18.9 Å². The fourth-order valence-corrected chi connectivity index (χ4v) is 2.80. The van der Waals surface area contributed by atoms with Crippen LogP contribution in [0.4, 0.5) is 10.1 Å². The number of benzene rings is 1. The maximum Gasteiger partial charge on any atom is 0.267 e. The lowest BCUT2D eigenvalue weighted by Gasteiger charge is -2.14. The van der Waals surface area contributed by atoms with Crippen LogP contribution >= 0.6 is 0 Å². The van der Waals surface area contributed by atoms with E-state index in [4.69, 9.17) is 10.6 Å². The second kappa shape index (κ2) is 4.00. The van der Waals surface area contributed by atoms with E-state index < -0.39 is 20.7 Å². The number of anilines is 1. The average Bonchev–Trinajstić information content (AvgIpc) is 2.69. The topological polar surface area (TPSA) is 72.6 Å². The largest absolute Gasteiger partial charge is 0.399 e. The lowest BCUT2D eigenvalue weighted by atomic mass is 10.3. The predicted octanol–water partition coefficient (Wildman–Crippen LogP) is 0.734. The van der Waals surface area contributed by atoms with Gasteiger partial charge in [-0.2, -0.15) is 0 Å². The van der Waals surface area contributed by atoms with Crippen molar-refractivity contribution in [2.45, 2.75) is 11.3 Å². The molecule has 2 N–H and O–H groups in total. The van der Waals surface area contributed by atoms with Gasteiger partial charge in [0.1, 0.15) is 10.7 Å². The molecule has 0 aromatic heterocycles. The van der Waals surface area contributed by atoms with Crippen LogP contribution in [0.15, 0.2) is 23.1 Å². The Morgan fingerprint density at radius 2 is 2.19 bits per heavy atom. The van der Waals surface area contributed by atoms with Gasteiger partial charge in [0.25, 0.3) is 10.0 Å². The molecular formula is C9H11FN2O3S. The fourth-order valence-electron chi connectivity index (χ4n) is 1.45. The summed E-state index contributed by atoms with van der Waals surface area (Å²) in [6.07, 6.45) is 0.607. The number of rotatable bonds is 2. The molecule has 1 heterocycles. The fraction of sp³-hybridized carbons (Fsp3) is 0.333. The van der Waals surface area contributed by atoms with Gasteiger partial charge < -0.3 is 5.73 Å². The second-order valence-electron chi connectivity index (χ2n) is 3.41. The molecule has 0 aliphatic carbocycles. The number of sulfonamides is 1. The van der Waals surface area contributed by atoms with Crippen molar-refractivity contribution < 1.29 is 17.6 Å². The number of nitrogen functional groups attached to an aromatic ring is 1. The molecule has 0 atom stereocenters. The summed E-state index contributed by atoms with van der Waals surface area (Å²) in [5.74, 6) is -0.865. The molecule has 1 fully saturated rings. The Morgan fingerprint density at radius 1 is 1.44 bits per heavy atom. The standard InChI is InChI=1S/C9H11FN2O3S/c10-8-6-7(11)2-3-9(8)16(13,14)12-4-1-5-15-12/h2-3,6H,1,4-5,11H2. The first-order chi connectivity index (χ1) is 7.51. The number of hydrogen-bond acceptors (Lipinski definition) is 4. The van der Waals surface area contributed by atoms with Crippen LogP contribution < -0.4 is 5.73 Å². The highest BCUT2D eigenvalue weighted by atomic mass is 32.2. The van der Waals surface area contributed by atoms with Gasteiger partial charge >= 0.3 is 0 Å². The Labute approximate surface area is 92.6 Å². The summed E-state index contributed by atoms with van der Waals surface area (Å²) in [5.41, 5.74) is 5.52. The van der Waals surface area contributed by atoms with Crippen LogP contribution in [-0.2, 0) is 14.9 Å². The van der Waals surface area contributed by atoms with E-state index in [0.717, 1.165) is 16.6 Å². The van der Waals surface area contributed by atoms with Crippen molar-refractivity contribution in [3.63, 3.8) is 0 Å². The number of nitrogens with zero attached hydrogens (tertiary/aromatic N) is 1. The molecule has 0 spiro atoms. The van der Waals surface area contributed by atoms with E-state index in [-0.39, 0.29) is 12.2 Å². The van der Waals surface area contributed by atoms with Crippen LogP contribution in [0.5, 0.6) is 0 Å². The quantitative estimate of drug-likeness (QED) is 0.781. The zero-order chi connectivity index (χ0) is 11.8. The monoisotopic (exact) mass is 246 g/mol. The second-order valence-corrected chi connectivity index (χ2v) is 5.21. The first-order valence-corrected chi connectivity index (χ1v) is 6.16. The van der Waals surface area contributed by atoms with E-state index in [2.05, 4.69) is 0 Å². The molecule has 1 aliphatic heterocycles. The van der Waals surface area contributed by atoms with Gasteiger partial charge in [-0.15, -0.1) is 0 Å². The van der Waals surface area contributed by atoms with Crippen molar-refractivity contribution in [1.82, 2.24) is 4.47 Å². The summed E-state index contributed by atoms with van der Waals surface area (Å²) < 4.78 is 38.0. The Bertz CT molecular complexity index is 497. The Morgan fingerprint density at radius 3 is 2.75 bits per heavy atom. The molecular weight excluding hydrogens is 235 g/mol. The zero-order valence-electron chi connectivity index (χ0n) is 8.39. The van der Waals surface area contributed by atoms with E-state index in [9.17, 15) is 12.8 Å². The molecule has 1 aromatic rings. The number of nitrogens with two attached hydrogens (primary N) is 1. The summed E-state index contributed by atoms with van der Waals surface area (Å²) in [6.45, 7) is 0.571. The predicted molar refractivity (Wildman–Crippen MR) is 55.3 cm³/mol. The normalized spacial score (nSPS) is 17.8. The minimum atomic E-state index is -3.91. The Kier molecular flexibility index (Phi) is 2.83. The van der Waals surface area contributed by atoms with Crippen molar-refractivity contribution >= 4 is 15.7 Å². The first-order valence-electron chi connectivity index (χ1n) is 4.72. The van der Waals surface area contributed by atoms with Crippen LogP contribution in [0.3, 0.4) is 0 Å². The lowest BCUT2D eigenvalue weighted by Crippen LogP contribution is -2.27. The van der Waals surface area contributed by atoms with E-state index in [0.29, 0.717) is 13.0 Å². The van der Waals surface area contributed by atoms with Gasteiger partial charge in [-0.1, -0.05) is 4.47 Å². The van der Waals surface area contributed by atoms with Gasteiger partial charge in [-0.05, 0) is 24.6 Å². The summed E-state index contributed by atoms with van der Waals surface area (Å²) in [7, 11) is -3.91. The molecule has 7 heteroatoms. The van der Waals surface area contributed by atoms with Gasteiger partial charge in [0, 0.05) is 12.2 Å². The minimum absolute atomic E-state index is 0.179. The molecule has 2 rings (SSSR count). The third-order valence-corrected chi connectivity index (χ3v) is 3.93. The summed E-state index contributed by atoms with van der Waals surface area (Å²) in [6, 6.07) is 3.46. The highest BCUT2D eigenvalue weighted by molar-refractivity contribution is 7.89. The Balaban J connectivity index is 2.42. The van der Waals surface area contributed by atoms with Crippen LogP contribution in [0.2, 0.25) is 0 Å². The van der Waals surface area contributed by atoms with Crippen molar-refractivity contribution in [3.8, 4) is 0 Å². The van der Waals surface area contributed by atoms with Crippen molar-refractivity contribution in [2.24, 2.45) is 0 Å². The molecule has 88 valence electrons. The molecule has 0 bridgehead atoms. The Hall–Kier alpha value is -1.18. The van der Waals surface area contributed by atoms with Crippen LogP contribution in [0, 0.1) is 5.82 Å². The zero-order valence-corrected chi connectivity index (χ0v) is 9.21. The molecule has 1 saturated heterocycles.